The summed E-state index contributed by atoms with van der Waals surface area (Å²) in [5, 5.41) is 14.9. The summed E-state index contributed by atoms with van der Waals surface area (Å²) in [6.45, 7) is 10.00. The fraction of sp³-hybridized carbons (Fsp3) is 0.455. The molecule has 0 atom stereocenters. The number of nitrogens with one attached hydrogen (secondary N) is 1. The summed E-state index contributed by atoms with van der Waals surface area (Å²) in [4.78, 5) is 41.6. The van der Waals surface area contributed by atoms with Gasteiger partial charge < -0.3 is 19.9 Å². The van der Waals surface area contributed by atoms with Crippen molar-refractivity contribution in [3.05, 3.63) is 50.4 Å². The lowest BCUT2D eigenvalue weighted by Crippen LogP contribution is -2.46. The number of rotatable bonds is 8. The number of thiophene rings is 1. The molecule has 1 saturated heterocycles. The number of likely N-dealkylation sites (N-methyl/N-ethyl adjacent to an activating group) is 1. The van der Waals surface area contributed by atoms with Crippen LogP contribution in [0.4, 0.5) is 16.4 Å². The average Bonchev–Trinajstić information content (AvgIpc) is 3.21. The molecule has 0 spiro atoms. The van der Waals surface area contributed by atoms with Crippen LogP contribution in [0.5, 0.6) is 0 Å². The first-order chi connectivity index (χ1) is 15.4. The maximum absolute atomic E-state index is 12.9. The second-order valence-corrected chi connectivity index (χ2v) is 8.50. The van der Waals surface area contributed by atoms with Crippen LogP contribution >= 0.6 is 11.3 Å². The third-order valence-electron chi connectivity index (χ3n) is 5.45. The molecule has 3 rings (SSSR count). The molecule has 0 saturated carbocycles. The van der Waals surface area contributed by atoms with Gasteiger partial charge in [0.1, 0.15) is 10.7 Å². The molecule has 1 N–H and O–H groups in total. The SMILES string of the molecule is CCOC(=O)c1cc(CC)sc1NC(=O)c1ccc(N2CCN(CC)CC2)c([N+](=O)[O-])c1. The third-order valence-corrected chi connectivity index (χ3v) is 6.64. The minimum atomic E-state index is -0.509. The molecule has 172 valence electrons. The van der Waals surface area contributed by atoms with Crippen molar-refractivity contribution in [3.63, 3.8) is 0 Å². The molecule has 1 aliphatic rings. The monoisotopic (exact) mass is 460 g/mol. The molecule has 0 unspecified atom stereocenters. The topological polar surface area (TPSA) is 105 Å². The Hall–Kier alpha value is -2.98. The number of carbonyl (C=O) groups is 2. The standard InChI is InChI=1S/C22H28N4O5S/c1-4-16-14-17(22(28)31-6-3)21(32-16)23-20(27)15-7-8-18(19(13-15)26(29)30)25-11-9-24(5-2)10-12-25/h7-8,13-14H,4-6,9-12H2,1-3H3,(H,23,27). The van der Waals surface area contributed by atoms with E-state index in [-0.39, 0.29) is 17.9 Å². The van der Waals surface area contributed by atoms with Gasteiger partial charge in [-0.2, -0.15) is 0 Å². The van der Waals surface area contributed by atoms with Crippen molar-refractivity contribution in [3.8, 4) is 0 Å². The lowest BCUT2D eigenvalue weighted by Gasteiger charge is -2.35. The Morgan fingerprint density at radius 1 is 1.16 bits per heavy atom. The average molecular weight is 461 g/mol. The first-order valence-corrected chi connectivity index (χ1v) is 11.6. The Morgan fingerprint density at radius 2 is 1.88 bits per heavy atom. The minimum Gasteiger partial charge on any atom is -0.462 e. The molecule has 0 aliphatic carbocycles. The first-order valence-electron chi connectivity index (χ1n) is 10.7. The van der Waals surface area contributed by atoms with Crippen molar-refractivity contribution >= 4 is 39.6 Å². The van der Waals surface area contributed by atoms with Crippen molar-refractivity contribution < 1.29 is 19.2 Å². The number of ether oxygens (including phenoxy) is 1. The van der Waals surface area contributed by atoms with Crippen LogP contribution in [-0.2, 0) is 11.2 Å². The van der Waals surface area contributed by atoms with Crippen LogP contribution in [0.3, 0.4) is 0 Å². The van der Waals surface area contributed by atoms with Gasteiger partial charge in [-0.05, 0) is 38.1 Å². The Balaban J connectivity index is 1.84. The van der Waals surface area contributed by atoms with Crippen LogP contribution in [0.15, 0.2) is 24.3 Å². The lowest BCUT2D eigenvalue weighted by molar-refractivity contribution is -0.384. The van der Waals surface area contributed by atoms with Gasteiger partial charge >= 0.3 is 5.97 Å². The van der Waals surface area contributed by atoms with Gasteiger partial charge in [0.15, 0.2) is 0 Å². The molecule has 0 radical (unpaired) electrons. The smallest absolute Gasteiger partial charge is 0.341 e. The molecule has 1 aliphatic heterocycles. The zero-order chi connectivity index (χ0) is 23.3. The number of nitrogens with zero attached hydrogens (tertiary/aromatic N) is 3. The molecular formula is C22H28N4O5S. The van der Waals surface area contributed by atoms with Gasteiger partial charge in [-0.25, -0.2) is 4.79 Å². The first kappa shape index (κ1) is 23.7. The fourth-order valence-electron chi connectivity index (χ4n) is 3.63. The van der Waals surface area contributed by atoms with Crippen LogP contribution in [-0.4, -0.2) is 61.0 Å². The van der Waals surface area contributed by atoms with E-state index in [4.69, 9.17) is 4.74 Å². The molecule has 1 fully saturated rings. The van der Waals surface area contributed by atoms with Gasteiger partial charge in [0.05, 0.1) is 17.1 Å². The Kier molecular flexibility index (Phi) is 7.81. The molecule has 1 aromatic carbocycles. The number of benzene rings is 1. The predicted octanol–water partition coefficient (Wildman–Crippen LogP) is 3.79. The van der Waals surface area contributed by atoms with Gasteiger partial charge in [-0.15, -0.1) is 11.3 Å². The van der Waals surface area contributed by atoms with Crippen molar-refractivity contribution in [1.29, 1.82) is 0 Å². The zero-order valence-electron chi connectivity index (χ0n) is 18.6. The van der Waals surface area contributed by atoms with E-state index in [0.29, 0.717) is 35.8 Å². The summed E-state index contributed by atoms with van der Waals surface area (Å²) in [5.41, 5.74) is 0.864. The number of hydrogen-bond acceptors (Lipinski definition) is 8. The highest BCUT2D eigenvalue weighted by Crippen LogP contribution is 2.32. The summed E-state index contributed by atoms with van der Waals surface area (Å²) >= 11 is 1.30. The predicted molar refractivity (Wildman–Crippen MR) is 125 cm³/mol. The Morgan fingerprint density at radius 3 is 2.47 bits per heavy atom. The van der Waals surface area contributed by atoms with Crippen LogP contribution in [0.2, 0.25) is 0 Å². The highest BCUT2D eigenvalue weighted by molar-refractivity contribution is 7.16. The van der Waals surface area contributed by atoms with E-state index in [1.807, 2.05) is 11.8 Å². The molecule has 2 aromatic rings. The van der Waals surface area contributed by atoms with E-state index in [9.17, 15) is 19.7 Å². The van der Waals surface area contributed by atoms with E-state index < -0.39 is 16.8 Å². The van der Waals surface area contributed by atoms with E-state index in [1.165, 1.54) is 17.4 Å². The molecule has 1 aromatic heterocycles. The zero-order valence-corrected chi connectivity index (χ0v) is 19.4. The normalized spacial score (nSPS) is 14.3. The quantitative estimate of drug-likeness (QED) is 0.363. The summed E-state index contributed by atoms with van der Waals surface area (Å²) in [5.74, 6) is -1.02. The van der Waals surface area contributed by atoms with Crippen LogP contribution in [0.25, 0.3) is 0 Å². The number of carbonyl (C=O) groups excluding carboxylic acids is 2. The van der Waals surface area contributed by atoms with Crippen molar-refractivity contribution in [2.75, 3.05) is 49.5 Å². The molecular weight excluding hydrogens is 432 g/mol. The highest BCUT2D eigenvalue weighted by Gasteiger charge is 2.26. The lowest BCUT2D eigenvalue weighted by atomic mass is 10.1. The number of anilines is 2. The maximum atomic E-state index is 12.9. The molecule has 1 amide bonds. The molecule has 32 heavy (non-hydrogen) atoms. The summed E-state index contributed by atoms with van der Waals surface area (Å²) in [6, 6.07) is 6.23. The van der Waals surface area contributed by atoms with Gasteiger partial charge in [-0.1, -0.05) is 13.8 Å². The van der Waals surface area contributed by atoms with E-state index >= 15 is 0 Å². The summed E-state index contributed by atoms with van der Waals surface area (Å²) in [6.07, 6.45) is 0.707. The van der Waals surface area contributed by atoms with Gasteiger partial charge in [0.2, 0.25) is 0 Å². The number of nitro benzene ring substituents is 1. The van der Waals surface area contributed by atoms with Crippen molar-refractivity contribution in [2.45, 2.75) is 27.2 Å². The number of piperazine rings is 1. The Labute approximate surface area is 191 Å². The number of esters is 1. The van der Waals surface area contributed by atoms with Crippen LogP contribution in [0.1, 0.15) is 46.4 Å². The van der Waals surface area contributed by atoms with E-state index in [1.54, 1.807) is 25.1 Å². The van der Waals surface area contributed by atoms with Crippen molar-refractivity contribution in [1.82, 2.24) is 4.90 Å². The molecule has 9 nitrogen and oxygen atoms in total. The number of hydrogen-bond donors (Lipinski definition) is 1. The highest BCUT2D eigenvalue weighted by atomic mass is 32.1. The number of aryl methyl sites for hydroxylation is 1. The minimum absolute atomic E-state index is 0.103. The second kappa shape index (κ2) is 10.6. The van der Waals surface area contributed by atoms with Gasteiger partial charge in [0.25, 0.3) is 11.6 Å². The largest absolute Gasteiger partial charge is 0.462 e. The molecule has 2 heterocycles. The summed E-state index contributed by atoms with van der Waals surface area (Å²) < 4.78 is 5.08. The number of nitro groups is 1. The van der Waals surface area contributed by atoms with Crippen LogP contribution in [0, 0.1) is 10.1 Å². The molecule has 0 bridgehead atoms. The van der Waals surface area contributed by atoms with Crippen molar-refractivity contribution in [2.24, 2.45) is 0 Å². The molecule has 10 heteroatoms. The number of amides is 1. The van der Waals surface area contributed by atoms with E-state index in [0.717, 1.165) is 24.5 Å². The van der Waals surface area contributed by atoms with Crippen LogP contribution < -0.4 is 10.2 Å². The van der Waals surface area contributed by atoms with E-state index in [2.05, 4.69) is 17.1 Å². The fourth-order valence-corrected chi connectivity index (χ4v) is 4.61. The summed E-state index contributed by atoms with van der Waals surface area (Å²) in [7, 11) is 0. The van der Waals surface area contributed by atoms with Gasteiger partial charge in [-0.3, -0.25) is 14.9 Å². The second-order valence-electron chi connectivity index (χ2n) is 7.37. The maximum Gasteiger partial charge on any atom is 0.341 e. The van der Waals surface area contributed by atoms with Gasteiger partial charge in [0, 0.05) is 42.7 Å². The third kappa shape index (κ3) is 5.25. The Bertz CT molecular complexity index is 998.